The number of nitro groups is 1. The summed E-state index contributed by atoms with van der Waals surface area (Å²) in [5.74, 6) is 0.920. The highest BCUT2D eigenvalue weighted by molar-refractivity contribution is 5.63. The van der Waals surface area contributed by atoms with Gasteiger partial charge in [-0.05, 0) is 18.1 Å². The summed E-state index contributed by atoms with van der Waals surface area (Å²) in [5.41, 5.74) is 0.569. The lowest BCUT2D eigenvalue weighted by Gasteiger charge is -2.10. The monoisotopic (exact) mass is 224 g/mol. The van der Waals surface area contributed by atoms with Gasteiger partial charge in [-0.15, -0.1) is 0 Å². The highest BCUT2D eigenvalue weighted by atomic mass is 16.6. The Kier molecular flexibility index (Phi) is 4.10. The number of nitrogens with one attached hydrogen (secondary N) is 1. The van der Waals surface area contributed by atoms with E-state index < -0.39 is 4.92 Å². The van der Waals surface area contributed by atoms with Gasteiger partial charge in [0.1, 0.15) is 11.4 Å². The lowest BCUT2D eigenvalue weighted by molar-refractivity contribution is -0.384. The molecule has 1 aromatic carbocycles. The van der Waals surface area contributed by atoms with Crippen LogP contribution in [-0.4, -0.2) is 18.6 Å². The molecular weight excluding hydrogens is 208 g/mol. The Balaban J connectivity index is 2.94. The molecule has 0 radical (unpaired) electrons. The summed E-state index contributed by atoms with van der Waals surface area (Å²) in [7, 11) is 1.49. The summed E-state index contributed by atoms with van der Waals surface area (Å²) in [6.07, 6.45) is 0. The van der Waals surface area contributed by atoms with Gasteiger partial charge >= 0.3 is 0 Å². The Morgan fingerprint density at radius 3 is 2.69 bits per heavy atom. The smallest absolute Gasteiger partial charge is 0.296 e. The van der Waals surface area contributed by atoms with Crippen LogP contribution in [0.25, 0.3) is 0 Å². The summed E-state index contributed by atoms with van der Waals surface area (Å²) in [4.78, 5) is 10.4. The van der Waals surface area contributed by atoms with Crippen molar-refractivity contribution in [2.24, 2.45) is 5.92 Å². The predicted molar refractivity (Wildman–Crippen MR) is 63.0 cm³/mol. The Labute approximate surface area is 94.6 Å². The fourth-order valence-corrected chi connectivity index (χ4v) is 1.25. The quantitative estimate of drug-likeness (QED) is 0.617. The van der Waals surface area contributed by atoms with E-state index in [0.717, 1.165) is 0 Å². The molecule has 0 aliphatic heterocycles. The molecule has 0 saturated carbocycles. The topological polar surface area (TPSA) is 64.4 Å². The van der Waals surface area contributed by atoms with Crippen LogP contribution >= 0.6 is 0 Å². The van der Waals surface area contributed by atoms with E-state index in [1.807, 2.05) is 13.8 Å². The minimum absolute atomic E-state index is 0.0417. The fraction of sp³-hybridized carbons (Fsp3) is 0.455. The number of anilines is 1. The first-order valence-corrected chi connectivity index (χ1v) is 5.11. The molecular formula is C11H16N2O3. The average Bonchev–Trinajstić information content (AvgIpc) is 2.25. The molecule has 0 unspecified atom stereocenters. The van der Waals surface area contributed by atoms with Crippen LogP contribution in [0.15, 0.2) is 18.2 Å². The van der Waals surface area contributed by atoms with Crippen molar-refractivity contribution >= 4 is 11.4 Å². The molecule has 5 heteroatoms. The van der Waals surface area contributed by atoms with Gasteiger partial charge in [0.05, 0.1) is 18.1 Å². The van der Waals surface area contributed by atoms with Crippen LogP contribution in [0.4, 0.5) is 11.4 Å². The van der Waals surface area contributed by atoms with E-state index in [0.29, 0.717) is 23.9 Å². The van der Waals surface area contributed by atoms with Crippen molar-refractivity contribution in [2.75, 3.05) is 19.0 Å². The highest BCUT2D eigenvalue weighted by Gasteiger charge is 2.14. The third-order valence-electron chi connectivity index (χ3n) is 2.10. The maximum Gasteiger partial charge on any atom is 0.296 e. The van der Waals surface area contributed by atoms with Gasteiger partial charge in [0, 0.05) is 6.54 Å². The van der Waals surface area contributed by atoms with E-state index in [4.69, 9.17) is 4.74 Å². The molecule has 0 fully saturated rings. The molecule has 0 bridgehead atoms. The maximum absolute atomic E-state index is 10.8. The van der Waals surface area contributed by atoms with Crippen LogP contribution in [0, 0.1) is 16.0 Å². The molecule has 5 nitrogen and oxygen atoms in total. The van der Waals surface area contributed by atoms with Crippen LogP contribution < -0.4 is 10.1 Å². The standard InChI is InChI=1S/C11H16N2O3/c1-8(2)7-12-10-5-4-9(16-3)6-11(10)13(14)15/h4-6,8,12H,7H2,1-3H3. The van der Waals surface area contributed by atoms with E-state index in [1.165, 1.54) is 13.2 Å². The molecule has 0 aliphatic carbocycles. The van der Waals surface area contributed by atoms with Gasteiger partial charge in [0.15, 0.2) is 0 Å². The van der Waals surface area contributed by atoms with Crippen LogP contribution in [-0.2, 0) is 0 Å². The van der Waals surface area contributed by atoms with Crippen molar-refractivity contribution in [3.8, 4) is 5.75 Å². The van der Waals surface area contributed by atoms with Crippen LogP contribution in [0.3, 0.4) is 0 Å². The molecule has 0 amide bonds. The second-order valence-corrected chi connectivity index (χ2v) is 3.91. The lowest BCUT2D eigenvalue weighted by Crippen LogP contribution is -2.09. The average molecular weight is 224 g/mol. The number of methoxy groups -OCH3 is 1. The normalized spacial score (nSPS) is 10.2. The Hall–Kier alpha value is -1.78. The van der Waals surface area contributed by atoms with E-state index in [-0.39, 0.29) is 5.69 Å². The van der Waals surface area contributed by atoms with Crippen molar-refractivity contribution in [1.82, 2.24) is 0 Å². The Bertz CT molecular complexity index is 377. The third kappa shape index (κ3) is 3.12. The van der Waals surface area contributed by atoms with Crippen molar-refractivity contribution < 1.29 is 9.66 Å². The van der Waals surface area contributed by atoms with Gasteiger partial charge in [0.25, 0.3) is 5.69 Å². The zero-order valence-corrected chi connectivity index (χ0v) is 9.69. The molecule has 16 heavy (non-hydrogen) atoms. The van der Waals surface area contributed by atoms with Crippen LogP contribution in [0.5, 0.6) is 5.75 Å². The number of hydrogen-bond donors (Lipinski definition) is 1. The largest absolute Gasteiger partial charge is 0.496 e. The van der Waals surface area contributed by atoms with Gasteiger partial charge in [0.2, 0.25) is 0 Å². The second kappa shape index (κ2) is 5.34. The van der Waals surface area contributed by atoms with Crippen molar-refractivity contribution in [2.45, 2.75) is 13.8 Å². The second-order valence-electron chi connectivity index (χ2n) is 3.91. The molecule has 0 spiro atoms. The van der Waals surface area contributed by atoms with Gasteiger partial charge in [-0.1, -0.05) is 13.8 Å². The number of benzene rings is 1. The summed E-state index contributed by atoms with van der Waals surface area (Å²) >= 11 is 0. The number of nitrogens with zero attached hydrogens (tertiary/aromatic N) is 1. The minimum atomic E-state index is -0.412. The molecule has 0 heterocycles. The van der Waals surface area contributed by atoms with E-state index in [9.17, 15) is 10.1 Å². The van der Waals surface area contributed by atoms with Gasteiger partial charge in [-0.25, -0.2) is 0 Å². The Morgan fingerprint density at radius 1 is 1.50 bits per heavy atom. The van der Waals surface area contributed by atoms with Crippen molar-refractivity contribution in [1.29, 1.82) is 0 Å². The zero-order valence-electron chi connectivity index (χ0n) is 9.69. The fourth-order valence-electron chi connectivity index (χ4n) is 1.25. The van der Waals surface area contributed by atoms with Gasteiger partial charge in [-0.2, -0.15) is 0 Å². The lowest BCUT2D eigenvalue weighted by atomic mass is 10.2. The first-order valence-electron chi connectivity index (χ1n) is 5.11. The van der Waals surface area contributed by atoms with E-state index in [2.05, 4.69) is 5.32 Å². The SMILES string of the molecule is COc1ccc(NCC(C)C)c([N+](=O)[O-])c1. The first kappa shape index (κ1) is 12.3. The van der Waals surface area contributed by atoms with Gasteiger partial charge < -0.3 is 10.1 Å². The van der Waals surface area contributed by atoms with E-state index in [1.54, 1.807) is 12.1 Å². The molecule has 1 rings (SSSR count). The first-order chi connectivity index (χ1) is 7.54. The molecule has 1 aromatic rings. The molecule has 0 saturated heterocycles. The third-order valence-corrected chi connectivity index (χ3v) is 2.10. The van der Waals surface area contributed by atoms with E-state index >= 15 is 0 Å². The Morgan fingerprint density at radius 2 is 2.19 bits per heavy atom. The highest BCUT2D eigenvalue weighted by Crippen LogP contribution is 2.28. The zero-order chi connectivity index (χ0) is 12.1. The summed E-state index contributed by atoms with van der Waals surface area (Å²) in [6.45, 7) is 4.79. The minimum Gasteiger partial charge on any atom is -0.496 e. The molecule has 0 atom stereocenters. The van der Waals surface area contributed by atoms with Gasteiger partial charge in [-0.3, -0.25) is 10.1 Å². The molecule has 0 aliphatic rings. The molecule has 0 aromatic heterocycles. The number of hydrogen-bond acceptors (Lipinski definition) is 4. The summed E-state index contributed by atoms with van der Waals surface area (Å²) in [6, 6.07) is 4.79. The molecule has 88 valence electrons. The maximum atomic E-state index is 10.8. The van der Waals surface area contributed by atoms with Crippen molar-refractivity contribution in [3.05, 3.63) is 28.3 Å². The summed E-state index contributed by atoms with van der Waals surface area (Å²) in [5, 5.41) is 13.9. The number of nitro benzene ring substituents is 1. The van der Waals surface area contributed by atoms with Crippen LogP contribution in [0.2, 0.25) is 0 Å². The van der Waals surface area contributed by atoms with Crippen molar-refractivity contribution in [3.63, 3.8) is 0 Å². The summed E-state index contributed by atoms with van der Waals surface area (Å²) < 4.78 is 4.95. The van der Waals surface area contributed by atoms with Crippen LogP contribution in [0.1, 0.15) is 13.8 Å². The number of rotatable bonds is 5. The predicted octanol–water partition coefficient (Wildman–Crippen LogP) is 2.67. The number of ether oxygens (including phenoxy) is 1. The molecule has 1 N–H and O–H groups in total.